The van der Waals surface area contributed by atoms with E-state index in [0.29, 0.717) is 0 Å². The Morgan fingerprint density at radius 1 is 0.875 bits per heavy atom. The van der Waals surface area contributed by atoms with Gasteiger partial charge in [-0.25, -0.2) is 9.97 Å². The van der Waals surface area contributed by atoms with Crippen LogP contribution in [0.5, 0.6) is 0 Å². The highest BCUT2D eigenvalue weighted by atomic mass is 79.9. The fourth-order valence-electron chi connectivity index (χ4n) is 1.29. The molecule has 0 aliphatic rings. The Kier molecular flexibility index (Phi) is 3.56. The normalized spacial score (nSPS) is 10.2. The quantitative estimate of drug-likeness (QED) is 0.778. The van der Waals surface area contributed by atoms with E-state index in [2.05, 4.69) is 41.8 Å². The topological polar surface area (TPSA) is 29.0 Å². The third-order valence-electron chi connectivity index (χ3n) is 2.09. The minimum absolute atomic E-state index is 0.812. The van der Waals surface area contributed by atoms with Crippen molar-refractivity contribution in [1.29, 1.82) is 0 Å². The lowest BCUT2D eigenvalue weighted by molar-refractivity contribution is 1.06. The van der Waals surface area contributed by atoms with E-state index in [1.165, 1.54) is 0 Å². The first-order chi connectivity index (χ1) is 7.66. The third-order valence-corrected chi connectivity index (χ3v) is 2.97. The molecule has 0 radical (unpaired) electrons. The van der Waals surface area contributed by atoms with Gasteiger partial charge < -0.3 is 4.90 Å². The van der Waals surface area contributed by atoms with Gasteiger partial charge in [-0.05, 0) is 56.1 Å². The molecule has 2 heterocycles. The zero-order valence-electron chi connectivity index (χ0n) is 8.56. The van der Waals surface area contributed by atoms with Gasteiger partial charge in [0.1, 0.15) is 20.8 Å². The number of aromatic nitrogens is 2. The van der Waals surface area contributed by atoms with Crippen molar-refractivity contribution in [1.82, 2.24) is 9.97 Å². The van der Waals surface area contributed by atoms with E-state index in [1.807, 2.05) is 48.3 Å². The molecule has 2 aromatic rings. The summed E-state index contributed by atoms with van der Waals surface area (Å²) in [6.45, 7) is 0. The van der Waals surface area contributed by atoms with Gasteiger partial charge in [0.25, 0.3) is 0 Å². The molecule has 0 spiro atoms. The summed E-state index contributed by atoms with van der Waals surface area (Å²) in [5, 5.41) is 0. The number of hydrogen-bond donors (Lipinski definition) is 0. The van der Waals surface area contributed by atoms with Gasteiger partial charge in [0.2, 0.25) is 0 Å². The van der Waals surface area contributed by atoms with Crippen LogP contribution >= 0.6 is 31.9 Å². The predicted molar refractivity (Wildman–Crippen MR) is 71.9 cm³/mol. The van der Waals surface area contributed by atoms with Gasteiger partial charge in [-0.3, -0.25) is 0 Å². The molecule has 0 fully saturated rings. The third kappa shape index (κ3) is 2.59. The summed E-state index contributed by atoms with van der Waals surface area (Å²) in [5.74, 6) is 1.69. The van der Waals surface area contributed by atoms with Crippen LogP contribution in [0.1, 0.15) is 0 Å². The lowest BCUT2D eigenvalue weighted by Crippen LogP contribution is -2.12. The molecule has 0 atom stereocenters. The zero-order chi connectivity index (χ0) is 11.5. The Bertz CT molecular complexity index is 457. The molecule has 0 saturated heterocycles. The van der Waals surface area contributed by atoms with Gasteiger partial charge in [-0.2, -0.15) is 0 Å². The van der Waals surface area contributed by atoms with Gasteiger partial charge in [-0.1, -0.05) is 12.1 Å². The van der Waals surface area contributed by atoms with Gasteiger partial charge in [-0.15, -0.1) is 0 Å². The Balaban J connectivity index is 2.35. The van der Waals surface area contributed by atoms with Crippen LogP contribution in [-0.2, 0) is 0 Å². The summed E-state index contributed by atoms with van der Waals surface area (Å²) < 4.78 is 1.62. The van der Waals surface area contributed by atoms with E-state index in [1.54, 1.807) is 0 Å². The molecule has 82 valence electrons. The average molecular weight is 343 g/mol. The van der Waals surface area contributed by atoms with E-state index >= 15 is 0 Å². The Labute approximate surface area is 111 Å². The second kappa shape index (κ2) is 4.93. The van der Waals surface area contributed by atoms with Crippen LogP contribution in [0.3, 0.4) is 0 Å². The summed E-state index contributed by atoms with van der Waals surface area (Å²) in [4.78, 5) is 10.7. The average Bonchev–Trinajstić information content (AvgIpc) is 2.28. The van der Waals surface area contributed by atoms with Gasteiger partial charge >= 0.3 is 0 Å². The molecular formula is C11H9Br2N3. The van der Waals surface area contributed by atoms with Crippen molar-refractivity contribution < 1.29 is 0 Å². The number of anilines is 2. The van der Waals surface area contributed by atoms with Crippen molar-refractivity contribution in [3.05, 3.63) is 45.6 Å². The van der Waals surface area contributed by atoms with E-state index in [4.69, 9.17) is 0 Å². The maximum atomic E-state index is 4.37. The molecule has 0 aliphatic heterocycles. The van der Waals surface area contributed by atoms with Crippen molar-refractivity contribution >= 4 is 43.5 Å². The van der Waals surface area contributed by atoms with E-state index < -0.39 is 0 Å². The largest absolute Gasteiger partial charge is 0.314 e. The zero-order valence-corrected chi connectivity index (χ0v) is 11.7. The summed E-state index contributed by atoms with van der Waals surface area (Å²) in [5.41, 5.74) is 0. The minimum atomic E-state index is 0.812. The first-order valence-corrected chi connectivity index (χ1v) is 6.24. The molecule has 2 rings (SSSR count). The summed E-state index contributed by atoms with van der Waals surface area (Å²) in [6, 6.07) is 11.6. The molecule has 0 N–H and O–H groups in total. The Morgan fingerprint density at radius 2 is 1.31 bits per heavy atom. The molecule has 5 heteroatoms. The minimum Gasteiger partial charge on any atom is -0.314 e. The molecule has 2 aromatic heterocycles. The number of halogens is 2. The monoisotopic (exact) mass is 341 g/mol. The number of pyridine rings is 2. The molecule has 0 aliphatic carbocycles. The number of rotatable bonds is 2. The Morgan fingerprint density at radius 3 is 1.69 bits per heavy atom. The first-order valence-electron chi connectivity index (χ1n) is 4.65. The standard InChI is InChI=1S/C11H9Br2N3/c1-16(10-6-2-4-8(12)14-10)11-7-3-5-9(13)15-11/h2-7H,1H3. The maximum Gasteiger partial charge on any atom is 0.135 e. The van der Waals surface area contributed by atoms with Crippen molar-refractivity contribution in [2.24, 2.45) is 0 Å². The van der Waals surface area contributed by atoms with Crippen LogP contribution in [0.4, 0.5) is 11.6 Å². The summed E-state index contributed by atoms with van der Waals surface area (Å²) in [7, 11) is 1.93. The van der Waals surface area contributed by atoms with Gasteiger partial charge in [0, 0.05) is 7.05 Å². The molecule has 0 saturated carbocycles. The highest BCUT2D eigenvalue weighted by molar-refractivity contribution is 9.10. The maximum absolute atomic E-state index is 4.37. The summed E-state index contributed by atoms with van der Waals surface area (Å²) >= 11 is 6.70. The number of hydrogen-bond acceptors (Lipinski definition) is 3. The fraction of sp³-hybridized carbons (Fsp3) is 0.0909. The van der Waals surface area contributed by atoms with Crippen molar-refractivity contribution in [3.63, 3.8) is 0 Å². The van der Waals surface area contributed by atoms with Crippen LogP contribution in [0, 0.1) is 0 Å². The molecule has 16 heavy (non-hydrogen) atoms. The predicted octanol–water partition coefficient (Wildman–Crippen LogP) is 3.77. The van der Waals surface area contributed by atoms with Crippen LogP contribution in [0.15, 0.2) is 45.6 Å². The van der Waals surface area contributed by atoms with Crippen LogP contribution in [0.25, 0.3) is 0 Å². The molecule has 0 aromatic carbocycles. The van der Waals surface area contributed by atoms with Gasteiger partial charge in [0.15, 0.2) is 0 Å². The molecule has 0 unspecified atom stereocenters. The van der Waals surface area contributed by atoms with Crippen molar-refractivity contribution in [2.75, 3.05) is 11.9 Å². The first kappa shape index (κ1) is 11.5. The van der Waals surface area contributed by atoms with Crippen LogP contribution in [-0.4, -0.2) is 17.0 Å². The lowest BCUT2D eigenvalue weighted by atomic mass is 10.4. The molecule has 0 amide bonds. The lowest BCUT2D eigenvalue weighted by Gasteiger charge is -2.17. The molecule has 3 nitrogen and oxygen atoms in total. The Hall–Kier alpha value is -0.940. The SMILES string of the molecule is CN(c1cccc(Br)n1)c1cccc(Br)n1. The highest BCUT2D eigenvalue weighted by Crippen LogP contribution is 2.22. The van der Waals surface area contributed by atoms with Crippen molar-refractivity contribution in [2.45, 2.75) is 0 Å². The second-order valence-electron chi connectivity index (χ2n) is 3.20. The van der Waals surface area contributed by atoms with E-state index in [0.717, 1.165) is 20.8 Å². The smallest absolute Gasteiger partial charge is 0.135 e. The van der Waals surface area contributed by atoms with E-state index in [-0.39, 0.29) is 0 Å². The van der Waals surface area contributed by atoms with E-state index in [9.17, 15) is 0 Å². The fourth-order valence-corrected chi connectivity index (χ4v) is 1.95. The van der Waals surface area contributed by atoms with Crippen LogP contribution in [0.2, 0.25) is 0 Å². The van der Waals surface area contributed by atoms with Gasteiger partial charge in [0.05, 0.1) is 0 Å². The van der Waals surface area contributed by atoms with Crippen molar-refractivity contribution in [3.8, 4) is 0 Å². The number of nitrogens with zero attached hydrogens (tertiary/aromatic N) is 3. The highest BCUT2D eigenvalue weighted by Gasteiger charge is 2.06. The van der Waals surface area contributed by atoms with Crippen LogP contribution < -0.4 is 4.90 Å². The summed E-state index contributed by atoms with van der Waals surface area (Å²) in [6.07, 6.45) is 0. The molecular weight excluding hydrogens is 334 g/mol. The molecule has 0 bridgehead atoms. The second-order valence-corrected chi connectivity index (χ2v) is 4.82.